The van der Waals surface area contributed by atoms with Gasteiger partial charge < -0.3 is 8.92 Å². The molecule has 0 aliphatic carbocycles. The summed E-state index contributed by atoms with van der Waals surface area (Å²) in [6.07, 6.45) is 2.72. The smallest absolute Gasteiger partial charge is 0.375 e. The molecule has 0 bridgehead atoms. The van der Waals surface area contributed by atoms with E-state index in [0.717, 1.165) is 12.0 Å². The number of unbranched alkanes of at least 4 members (excludes halogenated alkanes) is 1. The standard InChI is InChI=1S/C15H20O5S/c1-4-6-7-14(15(16)19-5-2)20-21(17,18)13-10-8-12(3)9-11-13/h7-11H,4-6H2,1-3H3/b14-7+. The fraction of sp³-hybridized carbons (Fsp3) is 0.400. The number of aryl methyl sites for hydroxylation is 1. The van der Waals surface area contributed by atoms with Gasteiger partial charge in [0.05, 0.1) is 6.61 Å². The van der Waals surface area contributed by atoms with Crippen molar-refractivity contribution >= 4 is 16.1 Å². The summed E-state index contributed by atoms with van der Waals surface area (Å²) in [6.45, 7) is 5.55. The fourth-order valence-electron chi connectivity index (χ4n) is 1.50. The first kappa shape index (κ1) is 17.2. The molecule has 6 heteroatoms. The number of esters is 1. The lowest BCUT2D eigenvalue weighted by Crippen LogP contribution is -2.15. The normalized spacial score (nSPS) is 12.0. The summed E-state index contributed by atoms with van der Waals surface area (Å²) in [4.78, 5) is 11.7. The van der Waals surface area contributed by atoms with E-state index in [1.54, 1.807) is 19.1 Å². The van der Waals surface area contributed by atoms with Gasteiger partial charge in [-0.25, -0.2) is 4.79 Å². The van der Waals surface area contributed by atoms with Crippen molar-refractivity contribution in [3.05, 3.63) is 41.7 Å². The Morgan fingerprint density at radius 2 is 1.81 bits per heavy atom. The van der Waals surface area contributed by atoms with E-state index >= 15 is 0 Å². The lowest BCUT2D eigenvalue weighted by molar-refractivity contribution is -0.141. The van der Waals surface area contributed by atoms with E-state index in [9.17, 15) is 13.2 Å². The molecule has 0 unspecified atom stereocenters. The molecular formula is C15H20O5S. The van der Waals surface area contributed by atoms with E-state index in [1.807, 2.05) is 13.8 Å². The average molecular weight is 312 g/mol. The van der Waals surface area contributed by atoms with Crippen molar-refractivity contribution in [1.29, 1.82) is 0 Å². The van der Waals surface area contributed by atoms with Crippen LogP contribution in [0.15, 0.2) is 41.0 Å². The zero-order valence-corrected chi connectivity index (χ0v) is 13.3. The molecule has 0 aliphatic rings. The first-order chi connectivity index (χ1) is 9.90. The SMILES string of the molecule is CCC/C=C(/OS(=O)(=O)c1ccc(C)cc1)C(=O)OCC. The number of benzene rings is 1. The summed E-state index contributed by atoms with van der Waals surface area (Å²) in [7, 11) is -4.04. The van der Waals surface area contributed by atoms with Crippen LogP contribution in [0.2, 0.25) is 0 Å². The van der Waals surface area contributed by atoms with Gasteiger partial charge in [-0.1, -0.05) is 31.0 Å². The topological polar surface area (TPSA) is 69.7 Å². The maximum absolute atomic E-state index is 12.2. The molecule has 116 valence electrons. The zero-order chi connectivity index (χ0) is 15.9. The summed E-state index contributed by atoms with van der Waals surface area (Å²) in [5, 5.41) is 0. The van der Waals surface area contributed by atoms with Crippen molar-refractivity contribution in [3.8, 4) is 0 Å². The van der Waals surface area contributed by atoms with Crippen molar-refractivity contribution in [2.24, 2.45) is 0 Å². The maximum Gasteiger partial charge on any atom is 0.375 e. The number of carbonyl (C=O) groups excluding carboxylic acids is 1. The van der Waals surface area contributed by atoms with Gasteiger partial charge in [-0.05, 0) is 38.5 Å². The summed E-state index contributed by atoms with van der Waals surface area (Å²) in [5.41, 5.74) is 0.932. The molecule has 0 aromatic heterocycles. The van der Waals surface area contributed by atoms with Gasteiger partial charge in [0.1, 0.15) is 4.90 Å². The van der Waals surface area contributed by atoms with Gasteiger partial charge >= 0.3 is 16.1 Å². The Bertz CT molecular complexity index is 599. The van der Waals surface area contributed by atoms with E-state index in [-0.39, 0.29) is 17.3 Å². The quantitative estimate of drug-likeness (QED) is 0.335. The Morgan fingerprint density at radius 3 is 2.33 bits per heavy atom. The van der Waals surface area contributed by atoms with Gasteiger partial charge in [0, 0.05) is 0 Å². The zero-order valence-electron chi connectivity index (χ0n) is 12.5. The largest absolute Gasteiger partial charge is 0.460 e. The van der Waals surface area contributed by atoms with Crippen molar-refractivity contribution in [2.75, 3.05) is 6.61 Å². The molecule has 5 nitrogen and oxygen atoms in total. The Morgan fingerprint density at radius 1 is 1.19 bits per heavy atom. The average Bonchev–Trinajstić information content (AvgIpc) is 2.44. The van der Waals surface area contributed by atoms with Crippen molar-refractivity contribution < 1.29 is 22.1 Å². The minimum atomic E-state index is -4.04. The molecular weight excluding hydrogens is 292 g/mol. The lowest BCUT2D eigenvalue weighted by atomic mass is 10.2. The second-order valence-corrected chi connectivity index (χ2v) is 5.97. The maximum atomic E-state index is 12.2. The van der Waals surface area contributed by atoms with Crippen LogP contribution in [0.1, 0.15) is 32.3 Å². The van der Waals surface area contributed by atoms with Crippen molar-refractivity contribution in [2.45, 2.75) is 38.5 Å². The van der Waals surface area contributed by atoms with Gasteiger partial charge in [-0.2, -0.15) is 8.42 Å². The number of rotatable bonds is 7. The predicted molar refractivity (Wildman–Crippen MR) is 79.1 cm³/mol. The van der Waals surface area contributed by atoms with Crippen LogP contribution in [0.5, 0.6) is 0 Å². The lowest BCUT2D eigenvalue weighted by Gasteiger charge is -2.10. The monoisotopic (exact) mass is 312 g/mol. The third-order valence-corrected chi connectivity index (χ3v) is 3.85. The number of ether oxygens (including phenoxy) is 1. The molecule has 0 radical (unpaired) electrons. The van der Waals surface area contributed by atoms with Crippen LogP contribution in [-0.4, -0.2) is 21.0 Å². The summed E-state index contributed by atoms with van der Waals surface area (Å²) < 4.78 is 34.1. The van der Waals surface area contributed by atoms with Gasteiger partial charge in [-0.15, -0.1) is 0 Å². The molecule has 0 saturated heterocycles. The molecule has 0 saturated carbocycles. The van der Waals surface area contributed by atoms with Crippen LogP contribution in [0, 0.1) is 6.92 Å². The van der Waals surface area contributed by atoms with Gasteiger partial charge in [-0.3, -0.25) is 0 Å². The molecule has 0 spiro atoms. The number of carbonyl (C=O) groups is 1. The van der Waals surface area contributed by atoms with Gasteiger partial charge in [0.2, 0.25) is 5.76 Å². The molecule has 0 aliphatic heterocycles. The first-order valence-corrected chi connectivity index (χ1v) is 8.20. The van der Waals surface area contributed by atoms with Gasteiger partial charge in [0.25, 0.3) is 0 Å². The predicted octanol–water partition coefficient (Wildman–Crippen LogP) is 2.95. The molecule has 0 amide bonds. The second kappa shape index (κ2) is 7.83. The third kappa shape index (κ3) is 5.23. The highest BCUT2D eigenvalue weighted by molar-refractivity contribution is 7.86. The fourth-order valence-corrected chi connectivity index (χ4v) is 2.44. The molecule has 0 fully saturated rings. The van der Waals surface area contributed by atoms with E-state index in [1.165, 1.54) is 18.2 Å². The summed E-state index contributed by atoms with van der Waals surface area (Å²) in [5.74, 6) is -1.07. The first-order valence-electron chi connectivity index (χ1n) is 6.79. The summed E-state index contributed by atoms with van der Waals surface area (Å²) in [6, 6.07) is 6.20. The minimum Gasteiger partial charge on any atom is -0.460 e. The van der Waals surface area contributed by atoms with E-state index in [2.05, 4.69) is 0 Å². The summed E-state index contributed by atoms with van der Waals surface area (Å²) >= 11 is 0. The van der Waals surface area contributed by atoms with Crippen LogP contribution in [0.25, 0.3) is 0 Å². The highest BCUT2D eigenvalue weighted by Crippen LogP contribution is 2.18. The highest BCUT2D eigenvalue weighted by Gasteiger charge is 2.22. The van der Waals surface area contributed by atoms with E-state index in [0.29, 0.717) is 6.42 Å². The van der Waals surface area contributed by atoms with Crippen LogP contribution >= 0.6 is 0 Å². The second-order valence-electron chi connectivity index (χ2n) is 4.43. The van der Waals surface area contributed by atoms with Gasteiger partial charge in [0.15, 0.2) is 0 Å². The van der Waals surface area contributed by atoms with Crippen molar-refractivity contribution in [1.82, 2.24) is 0 Å². The van der Waals surface area contributed by atoms with Crippen LogP contribution < -0.4 is 0 Å². The van der Waals surface area contributed by atoms with E-state index in [4.69, 9.17) is 8.92 Å². The third-order valence-electron chi connectivity index (χ3n) is 2.60. The Labute approximate surface area is 125 Å². The Hall–Kier alpha value is -1.82. The number of allylic oxidation sites excluding steroid dienone is 1. The van der Waals surface area contributed by atoms with Crippen LogP contribution in [0.3, 0.4) is 0 Å². The van der Waals surface area contributed by atoms with E-state index < -0.39 is 16.1 Å². The van der Waals surface area contributed by atoms with Crippen LogP contribution in [0.4, 0.5) is 0 Å². The molecule has 0 heterocycles. The molecule has 1 aromatic rings. The minimum absolute atomic E-state index is 0.000188. The Kier molecular flexibility index (Phi) is 6.42. The van der Waals surface area contributed by atoms with Crippen LogP contribution in [-0.2, 0) is 23.8 Å². The number of hydrogen-bond donors (Lipinski definition) is 0. The molecule has 1 rings (SSSR count). The number of hydrogen-bond acceptors (Lipinski definition) is 5. The molecule has 0 N–H and O–H groups in total. The van der Waals surface area contributed by atoms with Crippen molar-refractivity contribution in [3.63, 3.8) is 0 Å². The molecule has 0 atom stereocenters. The highest BCUT2D eigenvalue weighted by atomic mass is 32.2. The Balaban J connectivity index is 3.01. The molecule has 21 heavy (non-hydrogen) atoms. The molecule has 1 aromatic carbocycles.